The maximum absolute atomic E-state index is 12.2. The lowest BCUT2D eigenvalue weighted by Crippen LogP contribution is -2.16. The van der Waals surface area contributed by atoms with Gasteiger partial charge in [-0.3, -0.25) is 9.59 Å². The van der Waals surface area contributed by atoms with Crippen molar-refractivity contribution in [3.63, 3.8) is 0 Å². The summed E-state index contributed by atoms with van der Waals surface area (Å²) in [7, 11) is 1.48. The first-order chi connectivity index (χ1) is 8.99. The van der Waals surface area contributed by atoms with Gasteiger partial charge in [0.15, 0.2) is 5.78 Å². The van der Waals surface area contributed by atoms with E-state index in [0.717, 1.165) is 5.56 Å². The number of rotatable bonds is 2. The number of benzene rings is 1. The highest BCUT2D eigenvalue weighted by Crippen LogP contribution is 2.41. The van der Waals surface area contributed by atoms with Crippen LogP contribution in [0.3, 0.4) is 0 Å². The van der Waals surface area contributed by atoms with E-state index in [4.69, 9.17) is 22.8 Å². The summed E-state index contributed by atoms with van der Waals surface area (Å²) in [5, 5.41) is 0.362. The van der Waals surface area contributed by atoms with Crippen LogP contribution in [0.15, 0.2) is 12.1 Å². The molecule has 2 unspecified atom stereocenters. The number of ketones is 2. The normalized spacial score (nSPS) is 22.4. The Bertz CT molecular complexity index is 598. The molecule has 2 atom stereocenters. The minimum atomic E-state index is -0.899. The maximum atomic E-state index is 12.2. The molecular weight excluding hydrogens is 264 g/mol. The van der Waals surface area contributed by atoms with Gasteiger partial charge < -0.3 is 4.74 Å². The van der Waals surface area contributed by atoms with Crippen LogP contribution < -0.4 is 4.74 Å². The molecule has 1 aliphatic carbocycles. The molecular formula is C15H13ClO3. The molecule has 0 N–H and O–H groups in total. The van der Waals surface area contributed by atoms with E-state index < -0.39 is 11.8 Å². The summed E-state index contributed by atoms with van der Waals surface area (Å²) in [6, 6.07) is 3.47. The quantitative estimate of drug-likeness (QED) is 0.616. The Balaban J connectivity index is 2.57. The Morgan fingerprint density at radius 1 is 1.42 bits per heavy atom. The number of Topliss-reactive ketones (excluding diaryl/α,β-unsaturated/α-hetero) is 2. The van der Waals surface area contributed by atoms with Crippen LogP contribution in [0.5, 0.6) is 5.75 Å². The topological polar surface area (TPSA) is 43.4 Å². The van der Waals surface area contributed by atoms with Crippen LogP contribution in [0.4, 0.5) is 0 Å². The van der Waals surface area contributed by atoms with Crippen molar-refractivity contribution in [2.45, 2.75) is 19.3 Å². The van der Waals surface area contributed by atoms with Crippen LogP contribution in [-0.2, 0) is 9.59 Å². The number of aryl methyl sites for hydroxylation is 1. The van der Waals surface area contributed by atoms with E-state index in [1.807, 2.05) is 6.92 Å². The number of halogens is 1. The number of terminal acetylenes is 1. The number of carbonyl (C=O) groups is 2. The Morgan fingerprint density at radius 3 is 2.63 bits per heavy atom. The molecule has 2 rings (SSSR count). The van der Waals surface area contributed by atoms with Crippen LogP contribution in [0, 0.1) is 25.2 Å². The Hall–Kier alpha value is -1.79. The maximum Gasteiger partial charge on any atom is 0.163 e. The molecule has 0 aliphatic heterocycles. The van der Waals surface area contributed by atoms with E-state index in [1.54, 1.807) is 12.1 Å². The average Bonchev–Trinajstić information content (AvgIpc) is 2.64. The molecule has 4 heteroatoms. The first-order valence-electron chi connectivity index (χ1n) is 5.86. The number of hydrogen-bond donors (Lipinski definition) is 0. The lowest BCUT2D eigenvalue weighted by Gasteiger charge is -2.15. The second-order valence-electron chi connectivity index (χ2n) is 4.59. The largest absolute Gasteiger partial charge is 0.496 e. The SMILES string of the molecule is C#CC1CC(=O)C(c2c(Cl)cc(C)cc2OC)C1=O. The van der Waals surface area contributed by atoms with E-state index in [0.29, 0.717) is 16.3 Å². The third-order valence-corrected chi connectivity index (χ3v) is 3.61. The first kappa shape index (κ1) is 13.6. The fraction of sp³-hybridized carbons (Fsp3) is 0.333. The van der Waals surface area contributed by atoms with Crippen molar-refractivity contribution in [3.8, 4) is 18.1 Å². The highest BCUT2D eigenvalue weighted by Gasteiger charge is 2.43. The van der Waals surface area contributed by atoms with Gasteiger partial charge in [0.25, 0.3) is 0 Å². The zero-order valence-corrected chi connectivity index (χ0v) is 11.5. The fourth-order valence-corrected chi connectivity index (χ4v) is 2.77. The molecule has 1 aromatic rings. The fourth-order valence-electron chi connectivity index (χ4n) is 2.39. The van der Waals surface area contributed by atoms with Crippen LogP contribution in [0.1, 0.15) is 23.5 Å². The second kappa shape index (κ2) is 5.07. The van der Waals surface area contributed by atoms with Gasteiger partial charge in [-0.25, -0.2) is 0 Å². The van der Waals surface area contributed by atoms with Gasteiger partial charge in [-0.2, -0.15) is 0 Å². The van der Waals surface area contributed by atoms with Gasteiger partial charge in [0.05, 0.1) is 13.0 Å². The standard InChI is InChI=1S/C15H13ClO3/c1-4-9-7-11(17)14(15(9)18)13-10(16)5-8(2)6-12(13)19-3/h1,5-6,9,14H,7H2,2-3H3. The minimum Gasteiger partial charge on any atom is -0.496 e. The predicted molar refractivity (Wildman–Crippen MR) is 72.4 cm³/mol. The van der Waals surface area contributed by atoms with Gasteiger partial charge in [-0.15, -0.1) is 6.42 Å². The van der Waals surface area contributed by atoms with Gasteiger partial charge in [0, 0.05) is 17.0 Å². The summed E-state index contributed by atoms with van der Waals surface area (Å²) in [6.07, 6.45) is 5.35. The van der Waals surface area contributed by atoms with E-state index in [-0.39, 0.29) is 18.0 Å². The molecule has 1 fully saturated rings. The number of hydrogen-bond acceptors (Lipinski definition) is 3. The van der Waals surface area contributed by atoms with E-state index >= 15 is 0 Å². The van der Waals surface area contributed by atoms with Gasteiger partial charge in [-0.05, 0) is 24.6 Å². The van der Waals surface area contributed by atoms with E-state index in [2.05, 4.69) is 5.92 Å². The van der Waals surface area contributed by atoms with Crippen LogP contribution in [0.25, 0.3) is 0 Å². The predicted octanol–water partition coefficient (Wildman–Crippen LogP) is 2.53. The van der Waals surface area contributed by atoms with Crippen molar-refractivity contribution in [1.82, 2.24) is 0 Å². The molecule has 0 saturated heterocycles. The van der Waals surface area contributed by atoms with Gasteiger partial charge in [0.2, 0.25) is 0 Å². The molecule has 19 heavy (non-hydrogen) atoms. The molecule has 1 aliphatic rings. The number of methoxy groups -OCH3 is 1. The van der Waals surface area contributed by atoms with E-state index in [9.17, 15) is 9.59 Å². The molecule has 1 aromatic carbocycles. The molecule has 0 radical (unpaired) electrons. The van der Waals surface area contributed by atoms with Crippen LogP contribution in [-0.4, -0.2) is 18.7 Å². The lowest BCUT2D eigenvalue weighted by atomic mass is 9.92. The van der Waals surface area contributed by atoms with Gasteiger partial charge in [0.1, 0.15) is 17.5 Å². The number of carbonyl (C=O) groups excluding carboxylic acids is 2. The monoisotopic (exact) mass is 276 g/mol. The Morgan fingerprint density at radius 2 is 2.11 bits per heavy atom. The highest BCUT2D eigenvalue weighted by molar-refractivity contribution is 6.33. The smallest absolute Gasteiger partial charge is 0.163 e. The van der Waals surface area contributed by atoms with E-state index in [1.165, 1.54) is 7.11 Å². The molecule has 0 spiro atoms. The number of ether oxygens (including phenoxy) is 1. The summed E-state index contributed by atoms with van der Waals surface area (Å²) in [4.78, 5) is 24.2. The molecule has 1 saturated carbocycles. The third kappa shape index (κ3) is 2.24. The third-order valence-electron chi connectivity index (χ3n) is 3.30. The first-order valence-corrected chi connectivity index (χ1v) is 6.24. The van der Waals surface area contributed by atoms with Crippen LogP contribution >= 0.6 is 11.6 Å². The van der Waals surface area contributed by atoms with Crippen molar-refractivity contribution in [3.05, 3.63) is 28.3 Å². The van der Waals surface area contributed by atoms with Crippen molar-refractivity contribution in [2.24, 2.45) is 5.92 Å². The highest BCUT2D eigenvalue weighted by atomic mass is 35.5. The molecule has 0 aromatic heterocycles. The van der Waals surface area contributed by atoms with Gasteiger partial charge >= 0.3 is 0 Å². The van der Waals surface area contributed by atoms with Crippen molar-refractivity contribution in [2.75, 3.05) is 7.11 Å². The van der Waals surface area contributed by atoms with Crippen molar-refractivity contribution < 1.29 is 14.3 Å². The van der Waals surface area contributed by atoms with Crippen LogP contribution in [0.2, 0.25) is 5.02 Å². The molecule has 0 bridgehead atoms. The summed E-state index contributed by atoms with van der Waals surface area (Å²) in [5.74, 6) is 0.795. The lowest BCUT2D eigenvalue weighted by molar-refractivity contribution is -0.124. The summed E-state index contributed by atoms with van der Waals surface area (Å²) in [5.41, 5.74) is 1.33. The minimum absolute atomic E-state index is 0.0767. The Kier molecular flexibility index (Phi) is 3.64. The zero-order chi connectivity index (χ0) is 14.2. The van der Waals surface area contributed by atoms with Crippen molar-refractivity contribution >= 4 is 23.2 Å². The molecule has 98 valence electrons. The average molecular weight is 277 g/mol. The zero-order valence-electron chi connectivity index (χ0n) is 10.7. The molecule has 0 amide bonds. The molecule has 0 heterocycles. The molecule has 3 nitrogen and oxygen atoms in total. The summed E-state index contributed by atoms with van der Waals surface area (Å²) >= 11 is 6.18. The second-order valence-corrected chi connectivity index (χ2v) is 4.99. The summed E-state index contributed by atoms with van der Waals surface area (Å²) < 4.78 is 5.24. The summed E-state index contributed by atoms with van der Waals surface area (Å²) in [6.45, 7) is 1.86. The van der Waals surface area contributed by atoms with Crippen molar-refractivity contribution in [1.29, 1.82) is 0 Å². The Labute approximate surface area is 116 Å². The van der Waals surface area contributed by atoms with Gasteiger partial charge in [-0.1, -0.05) is 17.5 Å².